The van der Waals surface area contributed by atoms with Crippen LogP contribution in [0.4, 0.5) is 0 Å². The Kier molecular flexibility index (Phi) is 4.27. The summed E-state index contributed by atoms with van der Waals surface area (Å²) in [5.74, 6) is 0.936. The van der Waals surface area contributed by atoms with Gasteiger partial charge in [-0.15, -0.1) is 0 Å². The molecule has 0 saturated carbocycles. The third-order valence-corrected chi connectivity index (χ3v) is 4.32. The van der Waals surface area contributed by atoms with Gasteiger partial charge in [-0.1, -0.05) is 28.9 Å². The Morgan fingerprint density at radius 3 is 3.05 bits per heavy atom. The van der Waals surface area contributed by atoms with Gasteiger partial charge in [0.1, 0.15) is 11.9 Å². The predicted molar refractivity (Wildman–Crippen MR) is 85.6 cm³/mol. The van der Waals surface area contributed by atoms with E-state index in [2.05, 4.69) is 33.9 Å². The minimum Gasteiger partial charge on any atom is -0.493 e. The van der Waals surface area contributed by atoms with Crippen molar-refractivity contribution < 1.29 is 9.84 Å². The lowest BCUT2D eigenvalue weighted by molar-refractivity contribution is 0.171. The van der Waals surface area contributed by atoms with Crippen molar-refractivity contribution in [2.45, 2.75) is 32.3 Å². The lowest BCUT2D eigenvalue weighted by Crippen LogP contribution is -2.08. The lowest BCUT2D eigenvalue weighted by Gasteiger charge is -2.16. The molecule has 3 rings (SSSR count). The fourth-order valence-electron chi connectivity index (χ4n) is 2.85. The highest BCUT2D eigenvalue weighted by atomic mass is 79.9. The molecule has 0 fully saturated rings. The van der Waals surface area contributed by atoms with Gasteiger partial charge in [0.25, 0.3) is 0 Å². The number of aromatic nitrogens is 1. The van der Waals surface area contributed by atoms with E-state index >= 15 is 0 Å². The van der Waals surface area contributed by atoms with Gasteiger partial charge >= 0.3 is 0 Å². The number of pyridine rings is 1. The first-order chi connectivity index (χ1) is 10.2. The van der Waals surface area contributed by atoms with Crippen LogP contribution in [0.2, 0.25) is 0 Å². The summed E-state index contributed by atoms with van der Waals surface area (Å²) in [5.41, 5.74) is 4.12. The maximum atomic E-state index is 10.6. The molecule has 0 bridgehead atoms. The quantitative estimate of drug-likeness (QED) is 0.918. The predicted octanol–water partition coefficient (Wildman–Crippen LogP) is 3.62. The summed E-state index contributed by atoms with van der Waals surface area (Å²) in [6.07, 6.45) is 3.45. The van der Waals surface area contributed by atoms with E-state index in [0.29, 0.717) is 6.42 Å². The van der Waals surface area contributed by atoms with E-state index in [-0.39, 0.29) is 0 Å². The molecule has 21 heavy (non-hydrogen) atoms. The van der Waals surface area contributed by atoms with Gasteiger partial charge < -0.3 is 9.84 Å². The maximum absolute atomic E-state index is 10.6. The molecule has 110 valence electrons. The lowest BCUT2D eigenvalue weighted by atomic mass is 9.98. The van der Waals surface area contributed by atoms with E-state index in [1.54, 1.807) is 6.20 Å². The van der Waals surface area contributed by atoms with E-state index in [0.717, 1.165) is 46.5 Å². The summed E-state index contributed by atoms with van der Waals surface area (Å²) in [7, 11) is 0. The maximum Gasteiger partial charge on any atom is 0.125 e. The molecule has 1 N–H and O–H groups in total. The zero-order valence-corrected chi connectivity index (χ0v) is 13.6. The molecule has 1 unspecified atom stereocenters. The monoisotopic (exact) mass is 347 g/mol. The average molecular weight is 348 g/mol. The highest BCUT2D eigenvalue weighted by Gasteiger charge is 2.21. The Balaban J connectivity index is 1.90. The summed E-state index contributed by atoms with van der Waals surface area (Å²) in [6.45, 7) is 2.80. The summed E-state index contributed by atoms with van der Waals surface area (Å²) >= 11 is 3.54. The van der Waals surface area contributed by atoms with Crippen molar-refractivity contribution in [3.63, 3.8) is 0 Å². The fraction of sp³-hybridized carbons (Fsp3) is 0.353. The van der Waals surface area contributed by atoms with Crippen molar-refractivity contribution in [3.8, 4) is 5.75 Å². The molecule has 1 aromatic carbocycles. The van der Waals surface area contributed by atoms with E-state index in [1.165, 1.54) is 5.56 Å². The standard InChI is InChI=1S/C17H18BrNO2/c1-2-11-4-3-6-19-16(11)15(20)10-13-9-14(18)8-12-5-7-21-17(12)13/h3-4,6,8-9,15,20H,2,5,7,10H2,1H3. The average Bonchev–Trinajstić information content (AvgIpc) is 2.95. The molecule has 0 radical (unpaired) electrons. The van der Waals surface area contributed by atoms with Crippen LogP contribution in [0.1, 0.15) is 35.4 Å². The summed E-state index contributed by atoms with van der Waals surface area (Å²) in [4.78, 5) is 4.36. The highest BCUT2D eigenvalue weighted by molar-refractivity contribution is 9.10. The number of aliphatic hydroxyl groups excluding tert-OH is 1. The van der Waals surface area contributed by atoms with Crippen LogP contribution >= 0.6 is 15.9 Å². The van der Waals surface area contributed by atoms with E-state index < -0.39 is 6.10 Å². The van der Waals surface area contributed by atoms with E-state index in [1.807, 2.05) is 18.2 Å². The number of halogens is 1. The molecule has 4 heteroatoms. The fourth-order valence-corrected chi connectivity index (χ4v) is 3.41. The third-order valence-electron chi connectivity index (χ3n) is 3.86. The van der Waals surface area contributed by atoms with Crippen molar-refractivity contribution in [3.05, 3.63) is 57.3 Å². The van der Waals surface area contributed by atoms with Crippen molar-refractivity contribution in [2.24, 2.45) is 0 Å². The van der Waals surface area contributed by atoms with Crippen LogP contribution in [0.25, 0.3) is 0 Å². The smallest absolute Gasteiger partial charge is 0.125 e. The molecule has 1 aliphatic rings. The van der Waals surface area contributed by atoms with Gasteiger partial charge in [0.2, 0.25) is 0 Å². The highest BCUT2D eigenvalue weighted by Crippen LogP contribution is 2.35. The van der Waals surface area contributed by atoms with Crippen molar-refractivity contribution in [1.82, 2.24) is 4.98 Å². The van der Waals surface area contributed by atoms with Gasteiger partial charge in [0.05, 0.1) is 12.3 Å². The van der Waals surface area contributed by atoms with Crippen molar-refractivity contribution >= 4 is 15.9 Å². The van der Waals surface area contributed by atoms with Crippen LogP contribution in [-0.4, -0.2) is 16.7 Å². The topological polar surface area (TPSA) is 42.4 Å². The first kappa shape index (κ1) is 14.5. The van der Waals surface area contributed by atoms with Crippen LogP contribution in [-0.2, 0) is 19.3 Å². The van der Waals surface area contributed by atoms with Gasteiger partial charge in [-0.2, -0.15) is 0 Å². The van der Waals surface area contributed by atoms with Crippen molar-refractivity contribution in [2.75, 3.05) is 6.61 Å². The number of benzene rings is 1. The summed E-state index contributed by atoms with van der Waals surface area (Å²) in [6, 6.07) is 8.06. The summed E-state index contributed by atoms with van der Waals surface area (Å²) < 4.78 is 6.76. The minimum atomic E-state index is -0.608. The molecule has 0 saturated heterocycles. The van der Waals surface area contributed by atoms with Gasteiger partial charge in [0, 0.05) is 23.5 Å². The second kappa shape index (κ2) is 6.16. The molecule has 0 amide bonds. The molecule has 2 heterocycles. The summed E-state index contributed by atoms with van der Waals surface area (Å²) in [5, 5.41) is 10.6. The van der Waals surface area contributed by atoms with Gasteiger partial charge in [-0.05, 0) is 41.3 Å². The molecule has 0 aliphatic carbocycles. The third kappa shape index (κ3) is 2.97. The van der Waals surface area contributed by atoms with Crippen LogP contribution in [0.15, 0.2) is 34.9 Å². The number of ether oxygens (including phenoxy) is 1. The molecule has 2 aromatic rings. The molecule has 1 atom stereocenters. The van der Waals surface area contributed by atoms with E-state index in [9.17, 15) is 5.11 Å². The van der Waals surface area contributed by atoms with Crippen LogP contribution in [0.5, 0.6) is 5.75 Å². The van der Waals surface area contributed by atoms with Gasteiger partial charge in [-0.3, -0.25) is 4.98 Å². The van der Waals surface area contributed by atoms with Crippen LogP contribution < -0.4 is 4.74 Å². The molecule has 1 aliphatic heterocycles. The molecule has 3 nitrogen and oxygen atoms in total. The largest absolute Gasteiger partial charge is 0.493 e. The number of aryl methyl sites for hydroxylation is 1. The number of aliphatic hydroxyl groups is 1. The van der Waals surface area contributed by atoms with Crippen LogP contribution in [0, 0.1) is 0 Å². The Morgan fingerprint density at radius 2 is 2.24 bits per heavy atom. The van der Waals surface area contributed by atoms with Gasteiger partial charge in [-0.25, -0.2) is 0 Å². The zero-order chi connectivity index (χ0) is 14.8. The number of rotatable bonds is 4. The Bertz CT molecular complexity index is 657. The number of hydrogen-bond acceptors (Lipinski definition) is 3. The minimum absolute atomic E-state index is 0.520. The molecular weight excluding hydrogens is 330 g/mol. The SMILES string of the molecule is CCc1cccnc1C(O)Cc1cc(Br)cc2c1OCC2. The number of hydrogen-bond donors (Lipinski definition) is 1. The first-order valence-electron chi connectivity index (χ1n) is 7.25. The molecular formula is C17H18BrNO2. The second-order valence-electron chi connectivity index (χ2n) is 5.27. The zero-order valence-electron chi connectivity index (χ0n) is 12.0. The number of nitrogens with zero attached hydrogens (tertiary/aromatic N) is 1. The van der Waals surface area contributed by atoms with Crippen LogP contribution in [0.3, 0.4) is 0 Å². The Labute approximate surface area is 133 Å². The Hall–Kier alpha value is -1.39. The van der Waals surface area contributed by atoms with Gasteiger partial charge in [0.15, 0.2) is 0 Å². The molecule has 0 spiro atoms. The van der Waals surface area contributed by atoms with Crippen molar-refractivity contribution in [1.29, 1.82) is 0 Å². The Morgan fingerprint density at radius 1 is 1.38 bits per heavy atom. The second-order valence-corrected chi connectivity index (χ2v) is 6.19. The normalized spacial score (nSPS) is 14.6. The molecule has 1 aromatic heterocycles. The first-order valence-corrected chi connectivity index (χ1v) is 8.04. The number of fused-ring (bicyclic) bond motifs is 1. The van der Waals surface area contributed by atoms with E-state index in [4.69, 9.17) is 4.74 Å².